The van der Waals surface area contributed by atoms with Gasteiger partial charge in [-0.3, -0.25) is 4.79 Å². The van der Waals surface area contributed by atoms with Crippen molar-refractivity contribution >= 4 is 37.6 Å². The zero-order valence-electron chi connectivity index (χ0n) is 18.9. The highest BCUT2D eigenvalue weighted by Gasteiger charge is 2.29. The minimum Gasteiger partial charge on any atom is -0.291 e. The maximum atomic E-state index is 13.7. The van der Waals surface area contributed by atoms with E-state index in [-0.39, 0.29) is 16.5 Å². The number of aryl methyl sites for hydroxylation is 2. The van der Waals surface area contributed by atoms with Gasteiger partial charge in [-0.25, -0.2) is 25.1 Å². The van der Waals surface area contributed by atoms with Crippen molar-refractivity contribution in [3.63, 3.8) is 0 Å². The molecule has 0 radical (unpaired) electrons. The summed E-state index contributed by atoms with van der Waals surface area (Å²) in [5.41, 5.74) is 3.11. The average molecular weight is 500 g/mol. The van der Waals surface area contributed by atoms with Crippen LogP contribution in [0.25, 0.3) is 10.9 Å². The Morgan fingerprint density at radius 2 is 1.74 bits per heavy atom. The van der Waals surface area contributed by atoms with Crippen LogP contribution in [0.4, 0.5) is 0 Å². The standard InChI is InChI=1S/C24H25N3O5S2/c1-16-3-5-20(6-4-16)34(31,32)27-22-15-21(18-8-11-26(12-9-18)33(29)30)17(2)13-19(22)14-23(27)24(28)7-10-25/h3-6,13-15,18,33H,7-9,11-12H2,1-2H3. The van der Waals surface area contributed by atoms with Crippen molar-refractivity contribution in [2.24, 2.45) is 0 Å². The van der Waals surface area contributed by atoms with Crippen LogP contribution >= 0.6 is 0 Å². The molecule has 4 rings (SSSR count). The van der Waals surface area contributed by atoms with E-state index in [2.05, 4.69) is 0 Å². The number of nitriles is 1. The first kappa shape index (κ1) is 24.1. The number of ketones is 1. The summed E-state index contributed by atoms with van der Waals surface area (Å²) < 4.78 is 52.5. The van der Waals surface area contributed by atoms with Crippen LogP contribution in [0.5, 0.6) is 0 Å². The summed E-state index contributed by atoms with van der Waals surface area (Å²) in [6.07, 6.45) is 0.819. The number of carbonyl (C=O) groups is 1. The Kier molecular flexibility index (Phi) is 6.62. The van der Waals surface area contributed by atoms with E-state index in [1.807, 2.05) is 26.0 Å². The van der Waals surface area contributed by atoms with Crippen LogP contribution in [0.15, 0.2) is 47.4 Å². The van der Waals surface area contributed by atoms with Gasteiger partial charge in [0.2, 0.25) is 10.9 Å². The lowest BCUT2D eigenvalue weighted by Crippen LogP contribution is -2.31. The molecule has 1 aliphatic heterocycles. The molecule has 0 N–H and O–H groups in total. The van der Waals surface area contributed by atoms with Crippen LogP contribution < -0.4 is 0 Å². The lowest BCUT2D eigenvalue weighted by Gasteiger charge is -2.29. The maximum Gasteiger partial charge on any atom is 0.268 e. The van der Waals surface area contributed by atoms with Crippen molar-refractivity contribution in [2.75, 3.05) is 13.1 Å². The van der Waals surface area contributed by atoms with Crippen molar-refractivity contribution in [3.05, 3.63) is 64.8 Å². The minimum atomic E-state index is -4.12. The summed E-state index contributed by atoms with van der Waals surface area (Å²) in [5, 5.41) is 9.65. The summed E-state index contributed by atoms with van der Waals surface area (Å²) in [7, 11) is -6.73. The van der Waals surface area contributed by atoms with E-state index >= 15 is 0 Å². The van der Waals surface area contributed by atoms with Crippen LogP contribution in [-0.2, 0) is 20.9 Å². The topological polar surface area (TPSA) is 117 Å². The highest BCUT2D eigenvalue weighted by molar-refractivity contribution is 7.90. The van der Waals surface area contributed by atoms with Crippen molar-refractivity contribution in [1.29, 1.82) is 5.26 Å². The number of rotatable bonds is 6. The Morgan fingerprint density at radius 3 is 2.32 bits per heavy atom. The van der Waals surface area contributed by atoms with E-state index in [0.717, 1.165) is 20.7 Å². The Morgan fingerprint density at radius 1 is 1.09 bits per heavy atom. The second-order valence-corrected chi connectivity index (χ2v) is 11.4. The van der Waals surface area contributed by atoms with Gasteiger partial charge in [0.1, 0.15) is 12.1 Å². The molecule has 178 valence electrons. The third kappa shape index (κ3) is 4.39. The highest BCUT2D eigenvalue weighted by Crippen LogP contribution is 2.35. The van der Waals surface area contributed by atoms with Gasteiger partial charge in [0.15, 0.2) is 5.78 Å². The van der Waals surface area contributed by atoms with Gasteiger partial charge in [-0.1, -0.05) is 17.7 Å². The Hall–Kier alpha value is -3.00. The maximum absolute atomic E-state index is 13.7. The molecule has 0 aliphatic carbocycles. The third-order valence-electron chi connectivity index (χ3n) is 6.37. The van der Waals surface area contributed by atoms with Crippen molar-refractivity contribution in [3.8, 4) is 6.07 Å². The number of thiol groups is 1. The molecule has 0 unspecified atom stereocenters. The van der Waals surface area contributed by atoms with Crippen molar-refractivity contribution in [2.45, 2.75) is 43.9 Å². The molecule has 2 heterocycles. The van der Waals surface area contributed by atoms with Crippen LogP contribution in [-0.4, -0.2) is 44.0 Å². The molecule has 0 bridgehead atoms. The molecule has 8 nitrogen and oxygen atoms in total. The Balaban J connectivity index is 1.89. The average Bonchev–Trinajstić information content (AvgIpc) is 3.18. The molecule has 1 fully saturated rings. The Bertz CT molecular complexity index is 1480. The first-order valence-corrected chi connectivity index (χ1v) is 13.5. The molecule has 3 aromatic rings. The predicted molar refractivity (Wildman–Crippen MR) is 129 cm³/mol. The number of hydrogen-bond donors (Lipinski definition) is 1. The number of piperidine rings is 1. The van der Waals surface area contributed by atoms with E-state index in [9.17, 15) is 21.6 Å². The molecule has 10 heteroatoms. The zero-order chi connectivity index (χ0) is 24.6. The number of Topliss-reactive ketones (excluding diaryl/α,β-unsaturated/α-hetero) is 1. The molecule has 1 aromatic heterocycles. The minimum absolute atomic E-state index is 0.0492. The zero-order valence-corrected chi connectivity index (χ0v) is 20.6. The van der Waals surface area contributed by atoms with Gasteiger partial charge in [0.25, 0.3) is 10.0 Å². The molecule has 0 atom stereocenters. The number of carbonyl (C=O) groups excluding carboxylic acids is 1. The SMILES string of the molecule is Cc1ccc(S(=O)(=O)n2c(C(=O)CC#N)cc3cc(C)c(C4CCN([SH](=O)=O)CC4)cc32)cc1. The molecule has 0 spiro atoms. The number of aromatic nitrogens is 1. The molecular formula is C24H25N3O5S2. The van der Waals surface area contributed by atoms with Crippen LogP contribution in [0.2, 0.25) is 0 Å². The van der Waals surface area contributed by atoms with E-state index in [1.54, 1.807) is 18.2 Å². The van der Waals surface area contributed by atoms with Crippen molar-refractivity contribution < 1.29 is 21.6 Å². The fraction of sp³-hybridized carbons (Fsp3) is 0.333. The number of hydrogen-bond acceptors (Lipinski definition) is 6. The van der Waals surface area contributed by atoms with E-state index in [1.165, 1.54) is 22.5 Å². The number of benzene rings is 2. The third-order valence-corrected chi connectivity index (χ3v) is 8.98. The number of nitrogens with zero attached hydrogens (tertiary/aromatic N) is 3. The summed E-state index contributed by atoms with van der Waals surface area (Å²) in [6.45, 7) is 4.61. The lowest BCUT2D eigenvalue weighted by molar-refractivity contribution is 0.0992. The summed E-state index contributed by atoms with van der Waals surface area (Å²) in [6, 6.07) is 13.4. The van der Waals surface area contributed by atoms with E-state index < -0.39 is 33.1 Å². The predicted octanol–water partition coefficient (Wildman–Crippen LogP) is 3.30. The van der Waals surface area contributed by atoms with Crippen LogP contribution in [0.3, 0.4) is 0 Å². The largest absolute Gasteiger partial charge is 0.291 e. The summed E-state index contributed by atoms with van der Waals surface area (Å²) in [4.78, 5) is 12.8. The quantitative estimate of drug-likeness (QED) is 0.411. The van der Waals surface area contributed by atoms with Gasteiger partial charge in [-0.15, -0.1) is 0 Å². The number of fused-ring (bicyclic) bond motifs is 1. The van der Waals surface area contributed by atoms with Gasteiger partial charge in [0, 0.05) is 18.5 Å². The fourth-order valence-electron chi connectivity index (χ4n) is 4.57. The van der Waals surface area contributed by atoms with Gasteiger partial charge in [-0.2, -0.15) is 5.26 Å². The van der Waals surface area contributed by atoms with Gasteiger partial charge < -0.3 is 0 Å². The molecule has 2 aromatic carbocycles. The van der Waals surface area contributed by atoms with Crippen molar-refractivity contribution in [1.82, 2.24) is 8.28 Å². The molecule has 34 heavy (non-hydrogen) atoms. The first-order chi connectivity index (χ1) is 16.1. The highest BCUT2D eigenvalue weighted by atomic mass is 32.2. The second-order valence-electron chi connectivity index (χ2n) is 8.60. The monoisotopic (exact) mass is 499 g/mol. The van der Waals surface area contributed by atoms with Gasteiger partial charge in [-0.05, 0) is 74.1 Å². The summed E-state index contributed by atoms with van der Waals surface area (Å²) >= 11 is 0. The Labute approximate surface area is 200 Å². The molecule has 0 saturated carbocycles. The molecular weight excluding hydrogens is 474 g/mol. The van der Waals surface area contributed by atoms with Gasteiger partial charge >= 0.3 is 0 Å². The summed E-state index contributed by atoms with van der Waals surface area (Å²) in [5.74, 6) is -0.500. The second kappa shape index (κ2) is 9.33. The molecule has 1 saturated heterocycles. The normalized spacial score (nSPS) is 15.6. The van der Waals surface area contributed by atoms with E-state index in [4.69, 9.17) is 5.26 Å². The van der Waals surface area contributed by atoms with E-state index in [0.29, 0.717) is 36.8 Å². The fourth-order valence-corrected chi connectivity index (χ4v) is 6.65. The lowest BCUT2D eigenvalue weighted by atomic mass is 9.87. The van der Waals surface area contributed by atoms with Crippen LogP contribution in [0.1, 0.15) is 52.4 Å². The van der Waals surface area contributed by atoms with Gasteiger partial charge in [0.05, 0.1) is 16.5 Å². The smallest absolute Gasteiger partial charge is 0.268 e. The molecule has 0 amide bonds. The molecule has 1 aliphatic rings. The first-order valence-electron chi connectivity index (χ1n) is 10.9. The van der Waals surface area contributed by atoms with Crippen LogP contribution in [0, 0.1) is 25.2 Å².